The standard InChI is InChI=1S/C38H50O8Si2/c1-9-41-47(42-10-2,43-11-3)25-23-31-27-29-19-15-17-21-33(29)35(37(31)39-7)36-34-22-18-16-20-30(34)28-32(38(36)40-8)24-26-48(44-12-4,45-13-5)46-14-6/h15-28H,9-14H2,1-8H3/b25-23-,26-24+. The molecule has 0 aliphatic rings. The lowest BCUT2D eigenvalue weighted by Gasteiger charge is -2.26. The van der Waals surface area contributed by atoms with Crippen molar-refractivity contribution in [1.82, 2.24) is 0 Å². The number of methoxy groups -OCH3 is 2. The summed E-state index contributed by atoms with van der Waals surface area (Å²) in [4.78, 5) is 0. The van der Waals surface area contributed by atoms with Crippen LogP contribution in [0.2, 0.25) is 0 Å². The molecule has 0 radical (unpaired) electrons. The maximum Gasteiger partial charge on any atom is 0.529 e. The summed E-state index contributed by atoms with van der Waals surface area (Å²) in [6.07, 6.45) is 4.01. The van der Waals surface area contributed by atoms with Gasteiger partial charge in [0.25, 0.3) is 0 Å². The number of ether oxygens (including phenoxy) is 2. The van der Waals surface area contributed by atoms with E-state index in [1.165, 1.54) is 0 Å². The highest BCUT2D eigenvalue weighted by Gasteiger charge is 2.39. The van der Waals surface area contributed by atoms with E-state index in [2.05, 4.69) is 36.4 Å². The van der Waals surface area contributed by atoms with Crippen molar-refractivity contribution in [2.45, 2.75) is 41.5 Å². The lowest BCUT2D eigenvalue weighted by atomic mass is 9.88. The fraction of sp³-hybridized carbons (Fsp3) is 0.368. The van der Waals surface area contributed by atoms with Crippen LogP contribution in [0.25, 0.3) is 44.8 Å². The second kappa shape index (κ2) is 17.9. The third-order valence-electron chi connectivity index (χ3n) is 7.73. The molecule has 0 aromatic heterocycles. The van der Waals surface area contributed by atoms with Crippen molar-refractivity contribution in [3.63, 3.8) is 0 Å². The molecule has 48 heavy (non-hydrogen) atoms. The van der Waals surface area contributed by atoms with Gasteiger partial charge in [-0.3, -0.25) is 0 Å². The van der Waals surface area contributed by atoms with Gasteiger partial charge in [0.2, 0.25) is 0 Å². The zero-order valence-corrected chi connectivity index (χ0v) is 31.6. The second-order valence-corrected chi connectivity index (χ2v) is 15.5. The van der Waals surface area contributed by atoms with Crippen molar-refractivity contribution < 1.29 is 36.0 Å². The number of hydrogen-bond acceptors (Lipinski definition) is 8. The Morgan fingerprint density at radius 2 is 0.792 bits per heavy atom. The zero-order valence-electron chi connectivity index (χ0n) is 29.6. The van der Waals surface area contributed by atoms with Gasteiger partial charge >= 0.3 is 17.6 Å². The molecular formula is C38H50O8Si2. The monoisotopic (exact) mass is 690 g/mol. The molecule has 0 fully saturated rings. The first kappa shape index (κ1) is 37.5. The van der Waals surface area contributed by atoms with Crippen LogP contribution in [0, 0.1) is 0 Å². The molecule has 4 aromatic carbocycles. The summed E-state index contributed by atoms with van der Waals surface area (Å²) in [5.74, 6) is 1.40. The molecule has 4 aromatic rings. The third-order valence-corrected chi connectivity index (χ3v) is 13.0. The van der Waals surface area contributed by atoms with Crippen molar-refractivity contribution in [2.24, 2.45) is 0 Å². The summed E-state index contributed by atoms with van der Waals surface area (Å²) in [6, 6.07) is 20.9. The molecule has 0 unspecified atom stereocenters. The molecule has 8 nitrogen and oxygen atoms in total. The third kappa shape index (κ3) is 8.27. The van der Waals surface area contributed by atoms with Gasteiger partial charge in [-0.25, -0.2) is 0 Å². The maximum atomic E-state index is 6.30. The minimum absolute atomic E-state index is 0.472. The van der Waals surface area contributed by atoms with Crippen LogP contribution in [0.15, 0.2) is 72.1 Å². The highest BCUT2D eigenvalue weighted by atomic mass is 28.4. The first-order valence-electron chi connectivity index (χ1n) is 16.8. The Labute approximate surface area is 287 Å². The predicted octanol–water partition coefficient (Wildman–Crippen LogP) is 8.88. The molecule has 0 spiro atoms. The summed E-state index contributed by atoms with van der Waals surface area (Å²) in [5, 5.41) is 4.15. The van der Waals surface area contributed by atoms with Gasteiger partial charge in [-0.15, -0.1) is 0 Å². The molecule has 0 saturated heterocycles. The van der Waals surface area contributed by atoms with E-state index < -0.39 is 17.6 Å². The molecule has 0 heterocycles. The van der Waals surface area contributed by atoms with Crippen molar-refractivity contribution >= 4 is 51.3 Å². The van der Waals surface area contributed by atoms with Gasteiger partial charge in [-0.1, -0.05) is 60.7 Å². The topological polar surface area (TPSA) is 73.8 Å². The normalized spacial score (nSPS) is 12.6. The first-order valence-corrected chi connectivity index (χ1v) is 20.4. The first-order chi connectivity index (χ1) is 23.4. The van der Waals surface area contributed by atoms with Crippen LogP contribution in [-0.4, -0.2) is 71.5 Å². The fourth-order valence-corrected chi connectivity index (χ4v) is 10.3. The van der Waals surface area contributed by atoms with E-state index in [0.29, 0.717) is 51.1 Å². The van der Waals surface area contributed by atoms with Crippen LogP contribution >= 0.6 is 0 Å². The Morgan fingerprint density at radius 3 is 1.08 bits per heavy atom. The van der Waals surface area contributed by atoms with Crippen LogP contribution < -0.4 is 9.47 Å². The SMILES string of the molecule is CCO[Si](/C=C\c1cc2ccccc2c(-c2c(OC)c(/C=C/[Si](OCC)(OCC)OCC)cc3ccccc23)c1OC)(OCC)OCC. The molecule has 0 aliphatic carbocycles. The van der Waals surface area contributed by atoms with Crippen LogP contribution in [-0.2, 0) is 26.6 Å². The summed E-state index contributed by atoms with van der Waals surface area (Å²) in [7, 11) is -2.79. The second-order valence-electron chi connectivity index (χ2n) is 10.7. The lowest BCUT2D eigenvalue weighted by molar-refractivity contribution is 0.0837. The molecule has 258 valence electrons. The average molecular weight is 691 g/mol. The summed E-state index contributed by atoms with van der Waals surface area (Å²) < 4.78 is 49.4. The van der Waals surface area contributed by atoms with Crippen molar-refractivity contribution in [2.75, 3.05) is 53.9 Å². The van der Waals surface area contributed by atoms with Gasteiger partial charge < -0.3 is 36.0 Å². The maximum absolute atomic E-state index is 6.30. The van der Waals surface area contributed by atoms with Crippen LogP contribution in [0.5, 0.6) is 11.5 Å². The summed E-state index contributed by atoms with van der Waals surface area (Å²) in [5.41, 5.74) is 7.46. The minimum atomic E-state index is -3.10. The van der Waals surface area contributed by atoms with E-state index in [1.54, 1.807) is 14.2 Å². The highest BCUT2D eigenvalue weighted by molar-refractivity contribution is 6.67. The predicted molar refractivity (Wildman–Crippen MR) is 199 cm³/mol. The van der Waals surface area contributed by atoms with E-state index in [4.69, 9.17) is 36.0 Å². The number of rotatable bonds is 19. The Morgan fingerprint density at radius 1 is 0.479 bits per heavy atom. The molecule has 4 rings (SSSR count). The molecular weight excluding hydrogens is 641 g/mol. The Balaban J connectivity index is 2.08. The average Bonchev–Trinajstić information content (AvgIpc) is 3.09. The Kier molecular flexibility index (Phi) is 14.0. The molecule has 0 aliphatic heterocycles. The quantitative estimate of drug-likeness (QED) is 0.0904. The van der Waals surface area contributed by atoms with Gasteiger partial charge in [0.15, 0.2) is 0 Å². The van der Waals surface area contributed by atoms with Gasteiger partial charge in [0, 0.05) is 61.9 Å². The van der Waals surface area contributed by atoms with Crippen LogP contribution in [0.4, 0.5) is 0 Å². The molecule has 0 bridgehead atoms. The van der Waals surface area contributed by atoms with Crippen molar-refractivity contribution in [3.8, 4) is 22.6 Å². The number of hydrogen-bond donors (Lipinski definition) is 0. The number of fused-ring (bicyclic) bond motifs is 2. The Bertz CT molecular complexity index is 1540. The minimum Gasteiger partial charge on any atom is -0.495 e. The Hall–Kier alpha value is -3.33. The molecule has 0 atom stereocenters. The van der Waals surface area contributed by atoms with Gasteiger partial charge in [0.1, 0.15) is 11.5 Å². The lowest BCUT2D eigenvalue weighted by Crippen LogP contribution is -2.44. The van der Waals surface area contributed by atoms with Gasteiger partial charge in [0.05, 0.1) is 14.2 Å². The molecule has 0 saturated carbocycles. The smallest absolute Gasteiger partial charge is 0.495 e. The number of benzene rings is 4. The van der Waals surface area contributed by atoms with E-state index in [1.807, 2.05) is 89.4 Å². The molecule has 10 heteroatoms. The van der Waals surface area contributed by atoms with Crippen molar-refractivity contribution in [1.29, 1.82) is 0 Å². The molecule has 0 N–H and O–H groups in total. The van der Waals surface area contributed by atoms with Crippen LogP contribution in [0.1, 0.15) is 52.7 Å². The fourth-order valence-electron chi connectivity index (χ4n) is 6.01. The van der Waals surface area contributed by atoms with Gasteiger partial charge in [-0.05, 0) is 86.6 Å². The van der Waals surface area contributed by atoms with E-state index in [-0.39, 0.29) is 0 Å². The largest absolute Gasteiger partial charge is 0.529 e. The summed E-state index contributed by atoms with van der Waals surface area (Å²) in [6.45, 7) is 14.5. The zero-order chi connectivity index (χ0) is 34.6. The van der Waals surface area contributed by atoms with E-state index in [0.717, 1.165) is 43.8 Å². The van der Waals surface area contributed by atoms with Crippen molar-refractivity contribution in [3.05, 3.63) is 83.2 Å². The molecule has 0 amide bonds. The van der Waals surface area contributed by atoms with Crippen LogP contribution in [0.3, 0.4) is 0 Å². The van der Waals surface area contributed by atoms with Gasteiger partial charge in [-0.2, -0.15) is 0 Å². The van der Waals surface area contributed by atoms with E-state index in [9.17, 15) is 0 Å². The summed E-state index contributed by atoms with van der Waals surface area (Å²) >= 11 is 0. The highest BCUT2D eigenvalue weighted by Crippen LogP contribution is 2.49. The van der Waals surface area contributed by atoms with E-state index >= 15 is 0 Å².